The molecule has 4 rings (SSSR count). The van der Waals surface area contributed by atoms with Gasteiger partial charge in [-0.25, -0.2) is 0 Å². The zero-order valence-electron chi connectivity index (χ0n) is 15.2. The SMILES string of the molecule is S=C(NC[C@H]1CCCO1)N1CC[NH+](Cc2cccc3ccccc23)CC1. The fourth-order valence-corrected chi connectivity index (χ4v) is 4.30. The zero-order valence-corrected chi connectivity index (χ0v) is 16.1. The van der Waals surface area contributed by atoms with Gasteiger partial charge in [-0.15, -0.1) is 0 Å². The van der Waals surface area contributed by atoms with E-state index in [0.717, 1.165) is 57.4 Å². The quantitative estimate of drug-likeness (QED) is 0.800. The molecular formula is C21H28N3OS+. The average molecular weight is 371 g/mol. The Morgan fingerprint density at radius 1 is 1.15 bits per heavy atom. The van der Waals surface area contributed by atoms with Crippen molar-refractivity contribution in [1.82, 2.24) is 10.2 Å². The van der Waals surface area contributed by atoms with E-state index in [1.807, 2.05) is 0 Å². The van der Waals surface area contributed by atoms with Crippen LogP contribution in [0.2, 0.25) is 0 Å². The molecule has 0 unspecified atom stereocenters. The van der Waals surface area contributed by atoms with Crippen molar-refractivity contribution in [2.75, 3.05) is 39.3 Å². The van der Waals surface area contributed by atoms with Gasteiger partial charge in [-0.2, -0.15) is 0 Å². The second kappa shape index (κ2) is 8.33. The molecule has 0 radical (unpaired) electrons. The molecule has 2 N–H and O–H groups in total. The molecule has 0 spiro atoms. The second-order valence-electron chi connectivity index (χ2n) is 7.37. The van der Waals surface area contributed by atoms with Crippen molar-refractivity contribution in [2.45, 2.75) is 25.5 Å². The maximum absolute atomic E-state index is 5.66. The molecule has 0 saturated carbocycles. The molecule has 2 fully saturated rings. The predicted molar refractivity (Wildman–Crippen MR) is 109 cm³/mol. The zero-order chi connectivity index (χ0) is 17.8. The second-order valence-corrected chi connectivity index (χ2v) is 7.76. The highest BCUT2D eigenvalue weighted by Crippen LogP contribution is 2.17. The van der Waals surface area contributed by atoms with Crippen molar-refractivity contribution < 1.29 is 9.64 Å². The number of rotatable bonds is 4. The number of thiocarbonyl (C=S) groups is 1. The Morgan fingerprint density at radius 2 is 1.96 bits per heavy atom. The number of quaternary nitrogens is 1. The van der Waals surface area contributed by atoms with Crippen LogP contribution in [0, 0.1) is 0 Å². The Bertz CT molecular complexity index is 747. The van der Waals surface area contributed by atoms with Gasteiger partial charge in [0.25, 0.3) is 0 Å². The lowest BCUT2D eigenvalue weighted by atomic mass is 10.0. The molecule has 2 saturated heterocycles. The standard InChI is InChI=1S/C21H27N3OS/c26-21(22-15-19-8-4-14-25-19)24-12-10-23(11-13-24)16-18-7-3-6-17-5-1-2-9-20(17)18/h1-3,5-7,9,19H,4,8,10-16H2,(H,22,26)/p+1/t19-/m1/s1. The summed E-state index contributed by atoms with van der Waals surface area (Å²) < 4.78 is 5.66. The summed E-state index contributed by atoms with van der Waals surface area (Å²) in [7, 11) is 0. The van der Waals surface area contributed by atoms with Crippen molar-refractivity contribution >= 4 is 28.1 Å². The lowest BCUT2D eigenvalue weighted by Gasteiger charge is -2.34. The van der Waals surface area contributed by atoms with E-state index < -0.39 is 0 Å². The minimum absolute atomic E-state index is 0.339. The average Bonchev–Trinajstić information content (AvgIpc) is 3.21. The summed E-state index contributed by atoms with van der Waals surface area (Å²) in [5.41, 5.74) is 1.45. The number of nitrogens with zero attached hydrogens (tertiary/aromatic N) is 1. The summed E-state index contributed by atoms with van der Waals surface area (Å²) in [5, 5.41) is 7.02. The van der Waals surface area contributed by atoms with Gasteiger partial charge in [0.05, 0.1) is 32.3 Å². The van der Waals surface area contributed by atoms with Crippen LogP contribution >= 0.6 is 12.2 Å². The minimum Gasteiger partial charge on any atom is -0.376 e. The first kappa shape index (κ1) is 17.7. The van der Waals surface area contributed by atoms with Gasteiger partial charge in [0, 0.05) is 18.7 Å². The summed E-state index contributed by atoms with van der Waals surface area (Å²) in [6, 6.07) is 15.3. The van der Waals surface area contributed by atoms with E-state index in [-0.39, 0.29) is 0 Å². The highest BCUT2D eigenvalue weighted by molar-refractivity contribution is 7.80. The van der Waals surface area contributed by atoms with E-state index in [0.29, 0.717) is 6.10 Å². The molecule has 0 amide bonds. The highest BCUT2D eigenvalue weighted by atomic mass is 32.1. The molecule has 2 heterocycles. The molecule has 0 aromatic heterocycles. The maximum atomic E-state index is 5.66. The smallest absolute Gasteiger partial charge is 0.169 e. The van der Waals surface area contributed by atoms with E-state index >= 15 is 0 Å². The number of fused-ring (bicyclic) bond motifs is 1. The van der Waals surface area contributed by atoms with E-state index in [9.17, 15) is 0 Å². The number of hydrogen-bond donors (Lipinski definition) is 2. The van der Waals surface area contributed by atoms with Crippen LogP contribution in [0.5, 0.6) is 0 Å². The van der Waals surface area contributed by atoms with E-state index in [2.05, 4.69) is 52.7 Å². The molecule has 2 aromatic carbocycles. The molecule has 138 valence electrons. The lowest BCUT2D eigenvalue weighted by molar-refractivity contribution is -0.917. The summed E-state index contributed by atoms with van der Waals surface area (Å²) in [5.74, 6) is 0. The van der Waals surface area contributed by atoms with Crippen molar-refractivity contribution in [3.63, 3.8) is 0 Å². The van der Waals surface area contributed by atoms with Crippen LogP contribution in [0.25, 0.3) is 10.8 Å². The van der Waals surface area contributed by atoms with Crippen molar-refractivity contribution in [1.29, 1.82) is 0 Å². The third-order valence-electron chi connectivity index (χ3n) is 5.58. The Hall–Kier alpha value is -1.69. The van der Waals surface area contributed by atoms with Crippen LogP contribution in [0.1, 0.15) is 18.4 Å². The van der Waals surface area contributed by atoms with E-state index in [4.69, 9.17) is 17.0 Å². The normalized spacial score (nSPS) is 21.2. The van der Waals surface area contributed by atoms with Gasteiger partial charge in [0.1, 0.15) is 6.54 Å². The van der Waals surface area contributed by atoms with Crippen molar-refractivity contribution in [3.8, 4) is 0 Å². The van der Waals surface area contributed by atoms with Crippen LogP contribution in [0.4, 0.5) is 0 Å². The Balaban J connectivity index is 1.28. The summed E-state index contributed by atoms with van der Waals surface area (Å²) >= 11 is 5.59. The number of piperazine rings is 1. The number of ether oxygens (including phenoxy) is 1. The lowest BCUT2D eigenvalue weighted by Crippen LogP contribution is -3.13. The van der Waals surface area contributed by atoms with Crippen LogP contribution in [0.15, 0.2) is 42.5 Å². The largest absolute Gasteiger partial charge is 0.376 e. The van der Waals surface area contributed by atoms with E-state index in [1.165, 1.54) is 22.8 Å². The Morgan fingerprint density at radius 3 is 2.77 bits per heavy atom. The van der Waals surface area contributed by atoms with Crippen LogP contribution in [-0.4, -0.2) is 55.4 Å². The molecule has 4 nitrogen and oxygen atoms in total. The molecule has 2 aromatic rings. The van der Waals surface area contributed by atoms with Crippen molar-refractivity contribution in [2.24, 2.45) is 0 Å². The van der Waals surface area contributed by atoms with Gasteiger partial charge in [-0.3, -0.25) is 0 Å². The molecular weight excluding hydrogens is 342 g/mol. The maximum Gasteiger partial charge on any atom is 0.169 e. The monoisotopic (exact) mass is 370 g/mol. The summed E-state index contributed by atoms with van der Waals surface area (Å²) in [6.45, 7) is 7.15. The molecule has 26 heavy (non-hydrogen) atoms. The van der Waals surface area contributed by atoms with Crippen LogP contribution in [-0.2, 0) is 11.3 Å². The topological polar surface area (TPSA) is 28.9 Å². The Kier molecular flexibility index (Phi) is 5.68. The highest BCUT2D eigenvalue weighted by Gasteiger charge is 2.23. The van der Waals surface area contributed by atoms with Gasteiger partial charge in [-0.05, 0) is 35.8 Å². The van der Waals surface area contributed by atoms with Gasteiger partial charge in [0.2, 0.25) is 0 Å². The predicted octanol–water partition coefficient (Wildman–Crippen LogP) is 1.59. The van der Waals surface area contributed by atoms with Crippen LogP contribution < -0.4 is 10.2 Å². The van der Waals surface area contributed by atoms with Gasteiger partial charge < -0.3 is 19.9 Å². The van der Waals surface area contributed by atoms with Crippen molar-refractivity contribution in [3.05, 3.63) is 48.0 Å². The van der Waals surface area contributed by atoms with Gasteiger partial charge >= 0.3 is 0 Å². The van der Waals surface area contributed by atoms with E-state index in [1.54, 1.807) is 4.90 Å². The molecule has 0 aliphatic carbocycles. The number of benzene rings is 2. The third kappa shape index (κ3) is 4.17. The molecule has 5 heteroatoms. The fourth-order valence-electron chi connectivity index (χ4n) is 4.04. The number of nitrogens with one attached hydrogen (secondary N) is 2. The molecule has 1 atom stereocenters. The molecule has 0 bridgehead atoms. The third-order valence-corrected chi connectivity index (χ3v) is 5.99. The Labute approximate surface area is 161 Å². The first-order valence-electron chi connectivity index (χ1n) is 9.74. The fraction of sp³-hybridized carbons (Fsp3) is 0.476. The number of hydrogen-bond acceptors (Lipinski definition) is 2. The van der Waals surface area contributed by atoms with Gasteiger partial charge in [0.15, 0.2) is 5.11 Å². The molecule has 2 aliphatic rings. The molecule has 2 aliphatic heterocycles. The van der Waals surface area contributed by atoms with Crippen LogP contribution in [0.3, 0.4) is 0 Å². The summed E-state index contributed by atoms with van der Waals surface area (Å²) in [6.07, 6.45) is 2.67. The first-order chi connectivity index (χ1) is 12.8. The minimum atomic E-state index is 0.339. The van der Waals surface area contributed by atoms with Gasteiger partial charge in [-0.1, -0.05) is 42.5 Å². The first-order valence-corrected chi connectivity index (χ1v) is 10.1. The summed E-state index contributed by atoms with van der Waals surface area (Å²) in [4.78, 5) is 3.95.